The summed E-state index contributed by atoms with van der Waals surface area (Å²) in [6.45, 7) is 3.32. The highest BCUT2D eigenvalue weighted by atomic mass is 32.2. The van der Waals surface area contributed by atoms with Gasteiger partial charge >= 0.3 is 0 Å². The van der Waals surface area contributed by atoms with Crippen molar-refractivity contribution < 1.29 is 17.9 Å². The van der Waals surface area contributed by atoms with Crippen LogP contribution in [0.4, 0.5) is 0 Å². The number of primary amides is 1. The lowest BCUT2D eigenvalue weighted by atomic mass is 10.3. The molecule has 1 aromatic carbocycles. The summed E-state index contributed by atoms with van der Waals surface area (Å²) in [6.07, 6.45) is 0.0143. The maximum Gasteiger partial charge on any atom is 0.241 e. The van der Waals surface area contributed by atoms with Crippen molar-refractivity contribution in [3.8, 4) is 5.75 Å². The van der Waals surface area contributed by atoms with E-state index in [1.54, 1.807) is 12.1 Å². The third-order valence-electron chi connectivity index (χ3n) is 1.94. The third kappa shape index (κ3) is 4.34. The van der Waals surface area contributed by atoms with Gasteiger partial charge in [-0.05, 0) is 38.1 Å². The first-order valence-corrected chi connectivity index (χ1v) is 6.84. The highest BCUT2D eigenvalue weighted by molar-refractivity contribution is 7.89. The summed E-state index contributed by atoms with van der Waals surface area (Å²) in [6, 6.07) is 5.92. The van der Waals surface area contributed by atoms with E-state index in [1.165, 1.54) is 12.1 Å². The van der Waals surface area contributed by atoms with Crippen LogP contribution in [0.3, 0.4) is 0 Å². The molecule has 0 spiro atoms. The Balaban J connectivity index is 2.81. The standard InChI is InChI=1S/C11H16N2O4S/c1-8(2)17-9-3-5-10(6-4-9)18(15,16)13-7-11(12)14/h3-6,8,13H,7H2,1-2H3,(H2,12,14). The average molecular weight is 272 g/mol. The fourth-order valence-electron chi connectivity index (χ4n) is 1.22. The summed E-state index contributed by atoms with van der Waals surface area (Å²) in [7, 11) is -3.71. The number of hydrogen-bond donors (Lipinski definition) is 2. The van der Waals surface area contributed by atoms with Crippen molar-refractivity contribution in [2.24, 2.45) is 5.73 Å². The second-order valence-electron chi connectivity index (χ2n) is 3.93. The van der Waals surface area contributed by atoms with Gasteiger partial charge in [-0.15, -0.1) is 0 Å². The van der Waals surface area contributed by atoms with Gasteiger partial charge in [-0.25, -0.2) is 13.1 Å². The second-order valence-corrected chi connectivity index (χ2v) is 5.70. The van der Waals surface area contributed by atoms with Gasteiger partial charge in [0.15, 0.2) is 0 Å². The maximum atomic E-state index is 11.7. The molecule has 0 radical (unpaired) electrons. The van der Waals surface area contributed by atoms with Gasteiger partial charge in [0.05, 0.1) is 17.5 Å². The van der Waals surface area contributed by atoms with Crippen molar-refractivity contribution in [3.63, 3.8) is 0 Å². The zero-order valence-corrected chi connectivity index (χ0v) is 11.0. The van der Waals surface area contributed by atoms with E-state index in [4.69, 9.17) is 10.5 Å². The van der Waals surface area contributed by atoms with E-state index in [0.717, 1.165) is 0 Å². The molecular formula is C11H16N2O4S. The quantitative estimate of drug-likeness (QED) is 0.774. The lowest BCUT2D eigenvalue weighted by molar-refractivity contribution is -0.116. The van der Waals surface area contributed by atoms with Gasteiger partial charge in [-0.2, -0.15) is 0 Å². The summed E-state index contributed by atoms with van der Waals surface area (Å²) in [4.78, 5) is 10.6. The number of amides is 1. The van der Waals surface area contributed by atoms with Crippen LogP contribution in [0.15, 0.2) is 29.2 Å². The van der Waals surface area contributed by atoms with Crippen LogP contribution >= 0.6 is 0 Å². The number of hydrogen-bond acceptors (Lipinski definition) is 4. The van der Waals surface area contributed by atoms with Gasteiger partial charge in [-0.3, -0.25) is 4.79 Å². The molecule has 0 fully saturated rings. The number of rotatable bonds is 6. The Morgan fingerprint density at radius 3 is 2.33 bits per heavy atom. The van der Waals surface area contributed by atoms with E-state index in [9.17, 15) is 13.2 Å². The molecular weight excluding hydrogens is 256 g/mol. The van der Waals surface area contributed by atoms with E-state index >= 15 is 0 Å². The molecule has 0 aromatic heterocycles. The summed E-state index contributed by atoms with van der Waals surface area (Å²) < 4.78 is 30.9. The fraction of sp³-hybridized carbons (Fsp3) is 0.364. The van der Waals surface area contributed by atoms with Crippen molar-refractivity contribution in [2.45, 2.75) is 24.8 Å². The summed E-state index contributed by atoms with van der Waals surface area (Å²) in [5, 5.41) is 0. The van der Waals surface area contributed by atoms with Crippen LogP contribution in [0.25, 0.3) is 0 Å². The van der Waals surface area contributed by atoms with Crippen molar-refractivity contribution >= 4 is 15.9 Å². The molecule has 18 heavy (non-hydrogen) atoms. The van der Waals surface area contributed by atoms with Gasteiger partial charge in [0, 0.05) is 0 Å². The van der Waals surface area contributed by atoms with Crippen LogP contribution in [-0.4, -0.2) is 27.0 Å². The number of benzene rings is 1. The first-order valence-electron chi connectivity index (χ1n) is 5.36. The van der Waals surface area contributed by atoms with E-state index < -0.39 is 22.5 Å². The van der Waals surface area contributed by atoms with Crippen LogP contribution < -0.4 is 15.2 Å². The number of ether oxygens (including phenoxy) is 1. The zero-order valence-electron chi connectivity index (χ0n) is 10.2. The number of nitrogens with one attached hydrogen (secondary N) is 1. The maximum absolute atomic E-state index is 11.7. The molecule has 7 heteroatoms. The summed E-state index contributed by atoms with van der Waals surface area (Å²) >= 11 is 0. The van der Waals surface area contributed by atoms with Crippen LogP contribution in [0.5, 0.6) is 5.75 Å². The molecule has 0 heterocycles. The molecule has 0 aliphatic heterocycles. The minimum absolute atomic E-state index is 0.0143. The zero-order chi connectivity index (χ0) is 13.8. The molecule has 1 amide bonds. The first-order chi connectivity index (χ1) is 8.31. The monoisotopic (exact) mass is 272 g/mol. The lowest BCUT2D eigenvalue weighted by Gasteiger charge is -2.10. The molecule has 1 aromatic rings. The van der Waals surface area contributed by atoms with Crippen LogP contribution in [0.2, 0.25) is 0 Å². The molecule has 1 rings (SSSR count). The van der Waals surface area contributed by atoms with Crippen molar-refractivity contribution in [2.75, 3.05) is 6.54 Å². The molecule has 6 nitrogen and oxygen atoms in total. The Morgan fingerprint density at radius 2 is 1.89 bits per heavy atom. The smallest absolute Gasteiger partial charge is 0.241 e. The molecule has 100 valence electrons. The Hall–Kier alpha value is -1.60. The minimum atomic E-state index is -3.71. The Morgan fingerprint density at radius 1 is 1.33 bits per heavy atom. The van der Waals surface area contributed by atoms with Crippen LogP contribution in [-0.2, 0) is 14.8 Å². The van der Waals surface area contributed by atoms with E-state index in [0.29, 0.717) is 5.75 Å². The topological polar surface area (TPSA) is 98.5 Å². The molecule has 0 unspecified atom stereocenters. The molecule has 0 saturated carbocycles. The SMILES string of the molecule is CC(C)Oc1ccc(S(=O)(=O)NCC(N)=O)cc1. The minimum Gasteiger partial charge on any atom is -0.491 e. The second kappa shape index (κ2) is 5.83. The van der Waals surface area contributed by atoms with Gasteiger partial charge in [-0.1, -0.05) is 0 Å². The highest BCUT2D eigenvalue weighted by Crippen LogP contribution is 2.16. The first kappa shape index (κ1) is 14.5. The Labute approximate surface area is 106 Å². The number of carbonyl (C=O) groups is 1. The van der Waals surface area contributed by atoms with Gasteiger partial charge in [0.25, 0.3) is 0 Å². The largest absolute Gasteiger partial charge is 0.491 e. The molecule has 3 N–H and O–H groups in total. The van der Waals surface area contributed by atoms with Crippen molar-refractivity contribution in [3.05, 3.63) is 24.3 Å². The Kier molecular flexibility index (Phi) is 4.69. The van der Waals surface area contributed by atoms with Gasteiger partial charge < -0.3 is 10.5 Å². The number of nitrogens with two attached hydrogens (primary N) is 1. The summed E-state index contributed by atoms with van der Waals surface area (Å²) in [5.74, 6) is -0.155. The number of carbonyl (C=O) groups excluding carboxylic acids is 1. The molecule has 0 aliphatic rings. The van der Waals surface area contributed by atoms with Crippen LogP contribution in [0, 0.1) is 0 Å². The lowest BCUT2D eigenvalue weighted by Crippen LogP contribution is -2.33. The van der Waals surface area contributed by atoms with Crippen LogP contribution in [0.1, 0.15) is 13.8 Å². The average Bonchev–Trinajstić information content (AvgIpc) is 2.26. The predicted octanol–water partition coefficient (Wildman–Crippen LogP) is 0.237. The molecule has 0 saturated heterocycles. The highest BCUT2D eigenvalue weighted by Gasteiger charge is 2.14. The summed E-state index contributed by atoms with van der Waals surface area (Å²) in [5.41, 5.74) is 4.87. The molecule has 0 aliphatic carbocycles. The third-order valence-corrected chi connectivity index (χ3v) is 3.36. The Bertz CT molecular complexity index is 508. The van der Waals surface area contributed by atoms with Gasteiger partial charge in [0.1, 0.15) is 5.75 Å². The number of sulfonamides is 1. The van der Waals surface area contributed by atoms with E-state index in [1.807, 2.05) is 13.8 Å². The van der Waals surface area contributed by atoms with Crippen molar-refractivity contribution in [1.29, 1.82) is 0 Å². The fourth-order valence-corrected chi connectivity index (χ4v) is 2.21. The van der Waals surface area contributed by atoms with E-state index in [2.05, 4.69) is 4.72 Å². The molecule has 0 bridgehead atoms. The predicted molar refractivity (Wildman–Crippen MR) is 66.6 cm³/mol. The normalized spacial score (nSPS) is 11.5. The van der Waals surface area contributed by atoms with Gasteiger partial charge in [0.2, 0.25) is 15.9 Å². The van der Waals surface area contributed by atoms with Crippen molar-refractivity contribution in [1.82, 2.24) is 4.72 Å². The molecule has 0 atom stereocenters. The van der Waals surface area contributed by atoms with E-state index in [-0.39, 0.29) is 11.0 Å².